The van der Waals surface area contributed by atoms with E-state index in [0.29, 0.717) is 63.5 Å². The number of benzene rings is 2. The topological polar surface area (TPSA) is 103 Å². The largest absolute Gasteiger partial charge is 0.493 e. The first-order valence-electron chi connectivity index (χ1n) is 12.5. The van der Waals surface area contributed by atoms with Gasteiger partial charge in [-0.3, -0.25) is 9.59 Å². The van der Waals surface area contributed by atoms with Gasteiger partial charge in [-0.2, -0.15) is 0 Å². The Morgan fingerprint density at radius 1 is 1.03 bits per heavy atom. The summed E-state index contributed by atoms with van der Waals surface area (Å²) in [6.07, 6.45) is 0.988. The Hall–Kier alpha value is -3.79. The van der Waals surface area contributed by atoms with Gasteiger partial charge in [0.05, 0.1) is 26.9 Å². The number of hydrogen-bond acceptors (Lipinski definition) is 8. The highest BCUT2D eigenvalue weighted by Crippen LogP contribution is 2.50. The Labute approximate surface area is 230 Å². The van der Waals surface area contributed by atoms with Gasteiger partial charge in [-0.1, -0.05) is 37.7 Å². The molecule has 1 unspecified atom stereocenters. The summed E-state index contributed by atoms with van der Waals surface area (Å²) < 4.78 is 29.9. The summed E-state index contributed by atoms with van der Waals surface area (Å²) >= 11 is 1.34. The third-order valence-corrected chi connectivity index (χ3v) is 7.95. The Morgan fingerprint density at radius 3 is 2.31 bits per heavy atom. The lowest BCUT2D eigenvalue weighted by Gasteiger charge is -2.38. The standard InChI is InChI=1S/C29H30FN3O5S/c1-29(2)12-18-23(19(34)13-29)22(16-10-20(36-3)25(38-5)21(11-16)37-4)24-26(31-18)32-28(33-27(24)35)39-14-15-6-8-17(30)9-7-15/h6-11,22H,12-14H2,1-5H3,(H2,31,32,33,35). The molecule has 0 fully saturated rings. The first-order valence-corrected chi connectivity index (χ1v) is 13.5. The molecule has 1 aliphatic heterocycles. The molecule has 3 aromatic rings. The van der Waals surface area contributed by atoms with Gasteiger partial charge in [0.15, 0.2) is 22.4 Å². The molecule has 2 heterocycles. The summed E-state index contributed by atoms with van der Waals surface area (Å²) in [4.78, 5) is 34.9. The van der Waals surface area contributed by atoms with Crippen LogP contribution >= 0.6 is 11.8 Å². The molecule has 8 nitrogen and oxygen atoms in total. The number of carbonyl (C=O) groups excluding carboxylic acids is 1. The number of nitrogens with one attached hydrogen (secondary N) is 2. The van der Waals surface area contributed by atoms with Crippen LogP contribution in [0.5, 0.6) is 17.2 Å². The number of fused-ring (bicyclic) bond motifs is 1. The molecule has 204 valence electrons. The molecule has 1 atom stereocenters. The van der Waals surface area contributed by atoms with Crippen LogP contribution in [0.15, 0.2) is 57.6 Å². The fourth-order valence-electron chi connectivity index (χ4n) is 5.30. The van der Waals surface area contributed by atoms with E-state index in [9.17, 15) is 14.0 Å². The van der Waals surface area contributed by atoms with Crippen LogP contribution in [-0.4, -0.2) is 37.1 Å². The van der Waals surface area contributed by atoms with Crippen molar-refractivity contribution in [2.75, 3.05) is 26.6 Å². The Balaban J connectivity index is 1.64. The summed E-state index contributed by atoms with van der Waals surface area (Å²) in [5, 5.41) is 3.75. The lowest BCUT2D eigenvalue weighted by Crippen LogP contribution is -2.37. The van der Waals surface area contributed by atoms with Crippen LogP contribution in [0.1, 0.15) is 49.3 Å². The van der Waals surface area contributed by atoms with E-state index >= 15 is 0 Å². The molecule has 2 aromatic carbocycles. The van der Waals surface area contributed by atoms with Gasteiger partial charge in [-0.15, -0.1) is 0 Å². The third-order valence-electron chi connectivity index (χ3n) is 7.01. The second kappa shape index (κ2) is 10.4. The van der Waals surface area contributed by atoms with Gasteiger partial charge in [0.1, 0.15) is 11.6 Å². The van der Waals surface area contributed by atoms with Crippen LogP contribution in [0.3, 0.4) is 0 Å². The van der Waals surface area contributed by atoms with Crippen LogP contribution in [0, 0.1) is 11.2 Å². The number of methoxy groups -OCH3 is 3. The van der Waals surface area contributed by atoms with Crippen molar-refractivity contribution in [1.29, 1.82) is 0 Å². The van der Waals surface area contributed by atoms with Crippen molar-refractivity contribution in [3.05, 3.63) is 80.5 Å². The van der Waals surface area contributed by atoms with Crippen molar-refractivity contribution in [2.24, 2.45) is 5.41 Å². The highest BCUT2D eigenvalue weighted by atomic mass is 32.2. The van der Waals surface area contributed by atoms with Crippen molar-refractivity contribution in [3.63, 3.8) is 0 Å². The van der Waals surface area contributed by atoms with Gasteiger partial charge < -0.3 is 24.5 Å². The average Bonchev–Trinajstić information content (AvgIpc) is 2.90. The molecule has 2 N–H and O–H groups in total. The van der Waals surface area contributed by atoms with Gasteiger partial charge in [-0.25, -0.2) is 9.37 Å². The predicted octanol–water partition coefficient (Wildman–Crippen LogP) is 5.43. The van der Waals surface area contributed by atoms with Crippen molar-refractivity contribution in [2.45, 2.75) is 43.5 Å². The van der Waals surface area contributed by atoms with Crippen molar-refractivity contribution < 1.29 is 23.4 Å². The summed E-state index contributed by atoms with van der Waals surface area (Å²) in [7, 11) is 4.57. The molecule has 1 aromatic heterocycles. The number of halogens is 1. The third kappa shape index (κ3) is 5.13. The number of aromatic amines is 1. The molecule has 0 radical (unpaired) electrons. The van der Waals surface area contributed by atoms with Crippen LogP contribution in [0.4, 0.5) is 10.2 Å². The maximum Gasteiger partial charge on any atom is 0.257 e. The lowest BCUT2D eigenvalue weighted by molar-refractivity contribution is -0.118. The molecule has 0 amide bonds. The normalized spacial score (nSPS) is 17.7. The summed E-state index contributed by atoms with van der Waals surface area (Å²) in [6.45, 7) is 4.10. The van der Waals surface area contributed by atoms with E-state index in [2.05, 4.69) is 24.1 Å². The van der Waals surface area contributed by atoms with Gasteiger partial charge in [0.2, 0.25) is 5.75 Å². The number of allylic oxidation sites excluding steroid dienone is 2. The van der Waals surface area contributed by atoms with Crippen molar-refractivity contribution in [3.8, 4) is 17.2 Å². The molecule has 1 aliphatic carbocycles. The lowest BCUT2D eigenvalue weighted by atomic mass is 9.69. The first kappa shape index (κ1) is 26.8. The molecule has 0 saturated carbocycles. The summed E-state index contributed by atoms with van der Waals surface area (Å²) in [5.74, 6) is 1.17. The number of rotatable bonds is 7. The Bertz CT molecular complexity index is 1510. The number of Topliss-reactive ketones (excluding diaryl/α,β-unsaturated/α-hetero) is 1. The highest BCUT2D eigenvalue weighted by molar-refractivity contribution is 7.98. The number of ether oxygens (including phenoxy) is 3. The van der Waals surface area contributed by atoms with Crippen LogP contribution < -0.4 is 25.1 Å². The molecule has 2 aliphatic rings. The van der Waals surface area contributed by atoms with E-state index in [1.54, 1.807) is 24.3 Å². The number of carbonyl (C=O) groups is 1. The number of H-pyrrole nitrogens is 1. The summed E-state index contributed by atoms with van der Waals surface area (Å²) in [5.41, 5.74) is 2.62. The monoisotopic (exact) mass is 551 g/mol. The second-order valence-electron chi connectivity index (χ2n) is 10.4. The van der Waals surface area contributed by atoms with Gasteiger partial charge in [0, 0.05) is 29.4 Å². The van der Waals surface area contributed by atoms with E-state index in [1.165, 1.54) is 45.2 Å². The fraction of sp³-hybridized carbons (Fsp3) is 0.345. The molecule has 10 heteroatoms. The zero-order valence-electron chi connectivity index (χ0n) is 22.4. The average molecular weight is 552 g/mol. The molecular formula is C29H30FN3O5S. The van der Waals surface area contributed by atoms with E-state index in [1.807, 2.05) is 0 Å². The Morgan fingerprint density at radius 2 is 1.69 bits per heavy atom. The van der Waals surface area contributed by atoms with Gasteiger partial charge >= 0.3 is 0 Å². The van der Waals surface area contributed by atoms with Gasteiger partial charge in [-0.05, 0) is 47.2 Å². The molecule has 0 saturated heterocycles. The summed E-state index contributed by atoms with van der Waals surface area (Å²) in [6, 6.07) is 9.75. The molecule has 0 spiro atoms. The zero-order valence-corrected chi connectivity index (χ0v) is 23.3. The van der Waals surface area contributed by atoms with E-state index in [4.69, 9.17) is 19.2 Å². The highest BCUT2D eigenvalue weighted by Gasteiger charge is 2.43. The minimum Gasteiger partial charge on any atom is -0.493 e. The minimum absolute atomic E-state index is 0.0210. The number of aromatic nitrogens is 2. The van der Waals surface area contributed by atoms with Crippen molar-refractivity contribution >= 4 is 23.4 Å². The number of hydrogen-bond donors (Lipinski definition) is 2. The molecule has 5 rings (SSSR count). The molecular weight excluding hydrogens is 521 g/mol. The van der Waals surface area contributed by atoms with Crippen molar-refractivity contribution in [1.82, 2.24) is 9.97 Å². The smallest absolute Gasteiger partial charge is 0.257 e. The zero-order chi connectivity index (χ0) is 27.9. The first-order chi connectivity index (χ1) is 18.6. The fourth-order valence-corrected chi connectivity index (χ4v) is 6.11. The van der Waals surface area contributed by atoms with E-state index < -0.39 is 5.92 Å². The van der Waals surface area contributed by atoms with E-state index in [-0.39, 0.29) is 22.6 Å². The quantitative estimate of drug-likeness (QED) is 0.296. The Kier molecular flexibility index (Phi) is 7.15. The predicted molar refractivity (Wildman–Crippen MR) is 147 cm³/mol. The molecule has 39 heavy (non-hydrogen) atoms. The number of anilines is 1. The maximum absolute atomic E-state index is 13.6. The number of ketones is 1. The van der Waals surface area contributed by atoms with Crippen LogP contribution in [0.2, 0.25) is 0 Å². The second-order valence-corrected chi connectivity index (χ2v) is 11.4. The SMILES string of the molecule is COc1cc(C2C3=C(CC(C)(C)CC3=O)Nc3nc(SCc4ccc(F)cc4)[nH]c(=O)c32)cc(OC)c1OC. The van der Waals surface area contributed by atoms with E-state index in [0.717, 1.165) is 11.3 Å². The minimum atomic E-state index is -0.680. The maximum atomic E-state index is 13.6. The number of nitrogens with zero attached hydrogens (tertiary/aromatic N) is 1. The number of thioether (sulfide) groups is 1. The van der Waals surface area contributed by atoms with Crippen LogP contribution in [0.25, 0.3) is 0 Å². The van der Waals surface area contributed by atoms with Gasteiger partial charge in [0.25, 0.3) is 5.56 Å². The molecule has 0 bridgehead atoms. The van der Waals surface area contributed by atoms with Crippen LogP contribution in [-0.2, 0) is 10.5 Å².